The van der Waals surface area contributed by atoms with Gasteiger partial charge in [-0.1, -0.05) is 30.3 Å². The van der Waals surface area contributed by atoms with Crippen molar-refractivity contribution < 1.29 is 14.6 Å². The molecule has 0 aliphatic carbocycles. The van der Waals surface area contributed by atoms with Crippen LogP contribution in [0.3, 0.4) is 0 Å². The van der Waals surface area contributed by atoms with Gasteiger partial charge in [-0.05, 0) is 54.5 Å². The molecule has 118 valence electrons. The lowest BCUT2D eigenvalue weighted by atomic mass is 9.97. The summed E-state index contributed by atoms with van der Waals surface area (Å²) in [5.74, 6) is 1.53. The van der Waals surface area contributed by atoms with E-state index in [1.54, 1.807) is 14.2 Å². The quantitative estimate of drug-likeness (QED) is 0.812. The van der Waals surface area contributed by atoms with E-state index in [1.807, 2.05) is 12.1 Å². The number of benzene rings is 2. The van der Waals surface area contributed by atoms with Crippen molar-refractivity contribution in [1.82, 2.24) is 0 Å². The van der Waals surface area contributed by atoms with E-state index in [0.717, 1.165) is 37.2 Å². The maximum absolute atomic E-state index is 9.01. The van der Waals surface area contributed by atoms with Gasteiger partial charge in [-0.15, -0.1) is 0 Å². The lowest BCUT2D eigenvalue weighted by molar-refractivity contribution is 0.288. The third-order valence-corrected chi connectivity index (χ3v) is 3.85. The first kappa shape index (κ1) is 16.4. The molecule has 0 saturated carbocycles. The van der Waals surface area contributed by atoms with Crippen molar-refractivity contribution in [3.63, 3.8) is 0 Å². The number of hydrogen-bond acceptors (Lipinski definition) is 3. The summed E-state index contributed by atoms with van der Waals surface area (Å²) >= 11 is 0. The fourth-order valence-corrected chi connectivity index (χ4v) is 2.63. The molecule has 0 unspecified atom stereocenters. The molecule has 3 heteroatoms. The molecule has 1 N–H and O–H groups in total. The molecule has 0 saturated heterocycles. The molecule has 2 aromatic carbocycles. The van der Waals surface area contributed by atoms with Gasteiger partial charge in [-0.25, -0.2) is 0 Å². The average molecular weight is 300 g/mol. The Morgan fingerprint density at radius 1 is 0.818 bits per heavy atom. The molecule has 0 aliphatic heterocycles. The Morgan fingerprint density at radius 3 is 2.14 bits per heavy atom. The van der Waals surface area contributed by atoms with Crippen molar-refractivity contribution in [2.45, 2.75) is 25.7 Å². The van der Waals surface area contributed by atoms with Crippen LogP contribution in [0.15, 0.2) is 42.5 Å². The minimum absolute atomic E-state index is 0.240. The number of rotatable bonds is 8. The van der Waals surface area contributed by atoms with Gasteiger partial charge in [0.1, 0.15) is 0 Å². The maximum Gasteiger partial charge on any atom is 0.160 e. The molecule has 0 fully saturated rings. The van der Waals surface area contributed by atoms with E-state index in [0.29, 0.717) is 0 Å². The third kappa shape index (κ3) is 4.25. The molecule has 0 bridgehead atoms. The Kier molecular flexibility index (Phi) is 6.28. The topological polar surface area (TPSA) is 38.7 Å². The van der Waals surface area contributed by atoms with E-state index >= 15 is 0 Å². The minimum atomic E-state index is 0.240. The lowest BCUT2D eigenvalue weighted by Gasteiger charge is -2.11. The predicted octanol–water partition coefficient (Wildman–Crippen LogP) is 3.41. The van der Waals surface area contributed by atoms with Gasteiger partial charge in [-0.2, -0.15) is 0 Å². The number of aliphatic hydroxyl groups is 1. The fraction of sp³-hybridized carbons (Fsp3) is 0.368. The van der Waals surface area contributed by atoms with Crippen LogP contribution in [0.25, 0.3) is 0 Å². The van der Waals surface area contributed by atoms with Gasteiger partial charge < -0.3 is 14.6 Å². The summed E-state index contributed by atoms with van der Waals surface area (Å²) in [7, 11) is 3.31. The van der Waals surface area contributed by atoms with Crippen molar-refractivity contribution in [3.8, 4) is 11.5 Å². The zero-order chi connectivity index (χ0) is 15.8. The number of hydrogen-bond donors (Lipinski definition) is 1. The van der Waals surface area contributed by atoms with E-state index < -0.39 is 0 Å². The zero-order valence-electron chi connectivity index (χ0n) is 13.3. The minimum Gasteiger partial charge on any atom is -0.493 e. The highest BCUT2D eigenvalue weighted by Gasteiger charge is 2.06. The average Bonchev–Trinajstić information content (AvgIpc) is 2.58. The molecule has 2 rings (SSSR count). The number of methoxy groups -OCH3 is 2. The van der Waals surface area contributed by atoms with Crippen LogP contribution in [0.2, 0.25) is 0 Å². The molecular weight excluding hydrogens is 276 g/mol. The highest BCUT2D eigenvalue weighted by molar-refractivity contribution is 5.43. The Bertz CT molecular complexity index is 593. The first-order valence-corrected chi connectivity index (χ1v) is 7.67. The lowest BCUT2D eigenvalue weighted by Crippen LogP contribution is -1.99. The summed E-state index contributed by atoms with van der Waals surface area (Å²) in [5, 5.41) is 9.01. The van der Waals surface area contributed by atoms with Gasteiger partial charge in [0.25, 0.3) is 0 Å². The maximum atomic E-state index is 9.01. The first-order chi connectivity index (χ1) is 10.8. The largest absolute Gasteiger partial charge is 0.493 e. The van der Waals surface area contributed by atoms with Crippen molar-refractivity contribution in [1.29, 1.82) is 0 Å². The Morgan fingerprint density at radius 2 is 1.50 bits per heavy atom. The smallest absolute Gasteiger partial charge is 0.160 e. The fourth-order valence-electron chi connectivity index (χ4n) is 2.63. The van der Waals surface area contributed by atoms with Crippen LogP contribution in [0.4, 0.5) is 0 Å². The molecule has 3 nitrogen and oxygen atoms in total. The SMILES string of the molecule is COc1ccc(CCc2ccccc2CCCO)cc1OC. The van der Waals surface area contributed by atoms with Gasteiger partial charge >= 0.3 is 0 Å². The molecule has 22 heavy (non-hydrogen) atoms. The summed E-state index contributed by atoms with van der Waals surface area (Å²) in [6.07, 6.45) is 3.68. The molecule has 0 amide bonds. The van der Waals surface area contributed by atoms with Crippen molar-refractivity contribution in [2.75, 3.05) is 20.8 Å². The molecule has 0 aliphatic rings. The monoisotopic (exact) mass is 300 g/mol. The highest BCUT2D eigenvalue weighted by atomic mass is 16.5. The second-order valence-corrected chi connectivity index (χ2v) is 5.29. The van der Waals surface area contributed by atoms with E-state index in [4.69, 9.17) is 14.6 Å². The Balaban J connectivity index is 2.07. The van der Waals surface area contributed by atoms with Gasteiger partial charge in [0.15, 0.2) is 11.5 Å². The Labute approximate surface area is 132 Å². The molecule has 0 heterocycles. The predicted molar refractivity (Wildman–Crippen MR) is 88.8 cm³/mol. The number of aliphatic hydroxyl groups excluding tert-OH is 1. The summed E-state index contributed by atoms with van der Waals surface area (Å²) < 4.78 is 10.6. The van der Waals surface area contributed by atoms with Crippen LogP contribution in [0, 0.1) is 0 Å². The van der Waals surface area contributed by atoms with Crippen LogP contribution in [-0.4, -0.2) is 25.9 Å². The molecular formula is C19H24O3. The van der Waals surface area contributed by atoms with Crippen LogP contribution >= 0.6 is 0 Å². The van der Waals surface area contributed by atoms with Gasteiger partial charge in [0.2, 0.25) is 0 Å². The Hall–Kier alpha value is -2.00. The van der Waals surface area contributed by atoms with E-state index in [-0.39, 0.29) is 6.61 Å². The third-order valence-electron chi connectivity index (χ3n) is 3.85. The van der Waals surface area contributed by atoms with Crippen LogP contribution in [0.5, 0.6) is 11.5 Å². The number of aryl methyl sites for hydroxylation is 3. The molecule has 0 atom stereocenters. The molecule has 0 aromatic heterocycles. The van der Waals surface area contributed by atoms with Crippen molar-refractivity contribution in [3.05, 3.63) is 59.2 Å². The zero-order valence-corrected chi connectivity index (χ0v) is 13.3. The van der Waals surface area contributed by atoms with E-state index in [2.05, 4.69) is 30.3 Å². The van der Waals surface area contributed by atoms with Gasteiger partial charge in [0, 0.05) is 6.61 Å². The van der Waals surface area contributed by atoms with E-state index in [9.17, 15) is 0 Å². The first-order valence-electron chi connectivity index (χ1n) is 7.67. The standard InChI is InChI=1S/C19H24O3/c1-21-18-12-10-15(14-19(18)22-2)9-11-17-7-4-3-6-16(17)8-5-13-20/h3-4,6-7,10,12,14,20H,5,8-9,11,13H2,1-2H3. The summed E-state index contributed by atoms with van der Waals surface area (Å²) in [5.41, 5.74) is 3.91. The van der Waals surface area contributed by atoms with Gasteiger partial charge in [0.05, 0.1) is 14.2 Å². The molecule has 0 radical (unpaired) electrons. The van der Waals surface area contributed by atoms with Crippen molar-refractivity contribution in [2.24, 2.45) is 0 Å². The second-order valence-electron chi connectivity index (χ2n) is 5.29. The number of ether oxygens (including phenoxy) is 2. The van der Waals surface area contributed by atoms with Crippen LogP contribution < -0.4 is 9.47 Å². The van der Waals surface area contributed by atoms with Crippen molar-refractivity contribution >= 4 is 0 Å². The second kappa shape index (κ2) is 8.44. The summed E-state index contributed by atoms with van der Waals surface area (Å²) in [6.45, 7) is 0.240. The summed E-state index contributed by atoms with van der Waals surface area (Å²) in [4.78, 5) is 0. The molecule has 2 aromatic rings. The molecule has 0 spiro atoms. The summed E-state index contributed by atoms with van der Waals surface area (Å²) in [6, 6.07) is 14.5. The normalized spacial score (nSPS) is 10.5. The van der Waals surface area contributed by atoms with Gasteiger partial charge in [-0.3, -0.25) is 0 Å². The van der Waals surface area contributed by atoms with Crippen LogP contribution in [-0.2, 0) is 19.3 Å². The van der Waals surface area contributed by atoms with Crippen LogP contribution in [0.1, 0.15) is 23.1 Å². The van der Waals surface area contributed by atoms with E-state index in [1.165, 1.54) is 16.7 Å². The highest BCUT2D eigenvalue weighted by Crippen LogP contribution is 2.28.